The number of nitrogens with one attached hydrogen (secondary N) is 1. The minimum Gasteiger partial charge on any atom is -0.392 e. The molecule has 4 nitrogen and oxygen atoms in total. The minimum absolute atomic E-state index is 0.171. The summed E-state index contributed by atoms with van der Waals surface area (Å²) in [6.07, 6.45) is 3.27. The molecule has 5 heteroatoms. The second-order valence-corrected chi connectivity index (χ2v) is 5.06. The van der Waals surface area contributed by atoms with Crippen molar-refractivity contribution < 1.29 is 4.79 Å². The average Bonchev–Trinajstić information content (AvgIpc) is 2.46. The molecule has 1 atom stereocenters. The van der Waals surface area contributed by atoms with Gasteiger partial charge in [-0.25, -0.2) is 0 Å². The number of aromatic nitrogens is 1. The fourth-order valence-electron chi connectivity index (χ4n) is 2.10. The van der Waals surface area contributed by atoms with Gasteiger partial charge in [0.05, 0.1) is 22.1 Å². The number of pyridine rings is 1. The first-order valence-corrected chi connectivity index (χ1v) is 6.98. The predicted octanol–water partition coefficient (Wildman–Crippen LogP) is 2.42. The van der Waals surface area contributed by atoms with Crippen molar-refractivity contribution in [2.75, 3.05) is 0 Å². The van der Waals surface area contributed by atoms with Crippen LogP contribution in [0, 0.1) is 0 Å². The van der Waals surface area contributed by atoms with Gasteiger partial charge in [0.2, 0.25) is 0 Å². The zero-order valence-corrected chi connectivity index (χ0v) is 12.1. The van der Waals surface area contributed by atoms with Crippen molar-refractivity contribution in [3.63, 3.8) is 0 Å². The van der Waals surface area contributed by atoms with Crippen LogP contribution in [0.4, 0.5) is 0 Å². The van der Waals surface area contributed by atoms with E-state index in [0.29, 0.717) is 10.6 Å². The maximum absolute atomic E-state index is 12.4. The summed E-state index contributed by atoms with van der Waals surface area (Å²) < 4.78 is 0. The topological polar surface area (TPSA) is 68.0 Å². The van der Waals surface area contributed by atoms with Crippen molar-refractivity contribution in [1.82, 2.24) is 10.3 Å². The number of carbonyl (C=O) groups excluding carboxylic acids is 1. The van der Waals surface area contributed by atoms with Crippen LogP contribution < -0.4 is 11.1 Å². The smallest absolute Gasteiger partial charge is 0.252 e. The Labute approximate surface area is 123 Å². The molecule has 0 spiro atoms. The molecule has 0 saturated carbocycles. The van der Waals surface area contributed by atoms with Crippen LogP contribution in [0.15, 0.2) is 36.5 Å². The first-order chi connectivity index (χ1) is 9.63. The standard InChI is InChI=1S/C15H17N3OS/c1-2-5-13(14(16)20)18-15(19)11-8-9-17-12-7-4-3-6-10(11)12/h3-4,6-9,13H,2,5H2,1H3,(H2,16,20)(H,18,19). The Bertz CT molecular complexity index is 637. The van der Waals surface area contributed by atoms with E-state index in [1.165, 1.54) is 0 Å². The lowest BCUT2D eigenvalue weighted by atomic mass is 10.1. The Morgan fingerprint density at radius 1 is 1.40 bits per heavy atom. The third kappa shape index (κ3) is 3.11. The molecule has 104 valence electrons. The zero-order chi connectivity index (χ0) is 14.5. The van der Waals surface area contributed by atoms with Crippen LogP contribution >= 0.6 is 12.2 Å². The lowest BCUT2D eigenvalue weighted by molar-refractivity contribution is 0.0947. The number of hydrogen-bond donors (Lipinski definition) is 2. The third-order valence-corrected chi connectivity index (χ3v) is 3.40. The lowest BCUT2D eigenvalue weighted by Gasteiger charge is -2.17. The number of nitrogens with zero attached hydrogens (tertiary/aromatic N) is 1. The first-order valence-electron chi connectivity index (χ1n) is 6.57. The summed E-state index contributed by atoms with van der Waals surface area (Å²) in [6.45, 7) is 2.03. The summed E-state index contributed by atoms with van der Waals surface area (Å²) in [5, 5.41) is 3.72. The Balaban J connectivity index is 2.29. The van der Waals surface area contributed by atoms with Gasteiger partial charge < -0.3 is 11.1 Å². The van der Waals surface area contributed by atoms with E-state index >= 15 is 0 Å². The highest BCUT2D eigenvalue weighted by atomic mass is 32.1. The molecule has 3 N–H and O–H groups in total. The molecule has 1 amide bonds. The molecule has 0 aliphatic rings. The van der Waals surface area contributed by atoms with Crippen LogP contribution in [0.3, 0.4) is 0 Å². The van der Waals surface area contributed by atoms with Gasteiger partial charge in [0, 0.05) is 11.6 Å². The highest BCUT2D eigenvalue weighted by Gasteiger charge is 2.17. The molecule has 0 radical (unpaired) electrons. The maximum atomic E-state index is 12.4. The second kappa shape index (κ2) is 6.43. The quantitative estimate of drug-likeness (QED) is 0.829. The van der Waals surface area contributed by atoms with Gasteiger partial charge in [0.1, 0.15) is 0 Å². The minimum atomic E-state index is -0.269. The van der Waals surface area contributed by atoms with Crippen molar-refractivity contribution in [3.05, 3.63) is 42.1 Å². The molecule has 1 heterocycles. The number of benzene rings is 1. The number of rotatable bonds is 5. The number of thiocarbonyl (C=S) groups is 1. The van der Waals surface area contributed by atoms with E-state index in [1.807, 2.05) is 31.2 Å². The molecule has 0 saturated heterocycles. The molecule has 0 bridgehead atoms. The molecule has 0 fully saturated rings. The molecule has 2 aromatic rings. The Kier molecular flexibility index (Phi) is 4.63. The number of fused-ring (bicyclic) bond motifs is 1. The van der Waals surface area contributed by atoms with E-state index in [2.05, 4.69) is 10.3 Å². The zero-order valence-electron chi connectivity index (χ0n) is 11.3. The largest absolute Gasteiger partial charge is 0.392 e. The highest BCUT2D eigenvalue weighted by Crippen LogP contribution is 2.16. The van der Waals surface area contributed by atoms with Crippen LogP contribution in [-0.4, -0.2) is 21.9 Å². The van der Waals surface area contributed by atoms with Gasteiger partial charge in [-0.2, -0.15) is 0 Å². The third-order valence-electron chi connectivity index (χ3n) is 3.12. The van der Waals surface area contributed by atoms with E-state index in [9.17, 15) is 4.79 Å². The molecule has 1 aromatic carbocycles. The number of nitrogens with two attached hydrogens (primary N) is 1. The Morgan fingerprint density at radius 2 is 2.15 bits per heavy atom. The van der Waals surface area contributed by atoms with Crippen LogP contribution in [-0.2, 0) is 0 Å². The van der Waals surface area contributed by atoms with Gasteiger partial charge in [-0.3, -0.25) is 9.78 Å². The first kappa shape index (κ1) is 14.4. The van der Waals surface area contributed by atoms with Crippen molar-refractivity contribution >= 4 is 34.0 Å². The molecular weight excluding hydrogens is 270 g/mol. The number of carbonyl (C=O) groups is 1. The van der Waals surface area contributed by atoms with Crippen molar-refractivity contribution in [2.24, 2.45) is 5.73 Å². The van der Waals surface area contributed by atoms with Crippen molar-refractivity contribution in [3.8, 4) is 0 Å². The van der Waals surface area contributed by atoms with Crippen LogP contribution in [0.1, 0.15) is 30.1 Å². The summed E-state index contributed by atoms with van der Waals surface area (Å²) in [5.41, 5.74) is 7.05. The molecule has 1 aromatic heterocycles. The molecule has 1 unspecified atom stereocenters. The van der Waals surface area contributed by atoms with Gasteiger partial charge in [-0.05, 0) is 18.6 Å². The van der Waals surface area contributed by atoms with Crippen molar-refractivity contribution in [2.45, 2.75) is 25.8 Å². The van der Waals surface area contributed by atoms with E-state index in [-0.39, 0.29) is 11.9 Å². The number of amides is 1. The van der Waals surface area contributed by atoms with Crippen LogP contribution in [0.5, 0.6) is 0 Å². The fraction of sp³-hybridized carbons (Fsp3) is 0.267. The number of para-hydroxylation sites is 1. The SMILES string of the molecule is CCCC(NC(=O)c1ccnc2ccccc12)C(N)=S. The molecule has 20 heavy (non-hydrogen) atoms. The highest BCUT2D eigenvalue weighted by molar-refractivity contribution is 7.80. The average molecular weight is 287 g/mol. The van der Waals surface area contributed by atoms with Crippen molar-refractivity contribution in [1.29, 1.82) is 0 Å². The Morgan fingerprint density at radius 3 is 2.85 bits per heavy atom. The van der Waals surface area contributed by atoms with Gasteiger partial charge in [0.25, 0.3) is 5.91 Å². The predicted molar refractivity (Wildman–Crippen MR) is 84.7 cm³/mol. The second-order valence-electron chi connectivity index (χ2n) is 4.59. The summed E-state index contributed by atoms with van der Waals surface area (Å²) in [5.74, 6) is -0.171. The summed E-state index contributed by atoms with van der Waals surface area (Å²) in [4.78, 5) is 17.0. The van der Waals surface area contributed by atoms with E-state index < -0.39 is 0 Å². The summed E-state index contributed by atoms with van der Waals surface area (Å²) in [7, 11) is 0. The molecule has 2 rings (SSSR count). The summed E-state index contributed by atoms with van der Waals surface area (Å²) in [6, 6.07) is 8.98. The van der Waals surface area contributed by atoms with E-state index in [1.54, 1.807) is 12.3 Å². The normalized spacial score (nSPS) is 12.1. The number of hydrogen-bond acceptors (Lipinski definition) is 3. The fourth-order valence-corrected chi connectivity index (χ4v) is 2.28. The summed E-state index contributed by atoms with van der Waals surface area (Å²) >= 11 is 5.00. The van der Waals surface area contributed by atoms with Gasteiger partial charge in [0.15, 0.2) is 0 Å². The Hall–Kier alpha value is -2.01. The molecule has 0 aliphatic carbocycles. The lowest BCUT2D eigenvalue weighted by Crippen LogP contribution is -2.43. The van der Waals surface area contributed by atoms with Gasteiger partial charge in [-0.15, -0.1) is 0 Å². The molecule has 0 aliphatic heterocycles. The van der Waals surface area contributed by atoms with Gasteiger partial charge >= 0.3 is 0 Å². The van der Waals surface area contributed by atoms with Crippen LogP contribution in [0.25, 0.3) is 10.9 Å². The van der Waals surface area contributed by atoms with Gasteiger partial charge in [-0.1, -0.05) is 43.8 Å². The maximum Gasteiger partial charge on any atom is 0.252 e. The monoisotopic (exact) mass is 287 g/mol. The van der Waals surface area contributed by atoms with Crippen LogP contribution in [0.2, 0.25) is 0 Å². The van der Waals surface area contributed by atoms with E-state index in [0.717, 1.165) is 23.7 Å². The van der Waals surface area contributed by atoms with E-state index in [4.69, 9.17) is 18.0 Å². The molecular formula is C15H17N3OS.